The molecule has 1 aliphatic heterocycles. The Balaban J connectivity index is 1.36. The molecule has 31 heavy (non-hydrogen) atoms. The van der Waals surface area contributed by atoms with Crippen molar-refractivity contribution in [3.63, 3.8) is 0 Å². The van der Waals surface area contributed by atoms with E-state index in [1.54, 1.807) is 23.9 Å². The van der Waals surface area contributed by atoms with Crippen LogP contribution in [-0.2, 0) is 6.54 Å². The fourth-order valence-corrected chi connectivity index (χ4v) is 4.29. The van der Waals surface area contributed by atoms with E-state index < -0.39 is 0 Å². The van der Waals surface area contributed by atoms with E-state index in [1.165, 1.54) is 12.1 Å². The first-order chi connectivity index (χ1) is 15.2. The highest BCUT2D eigenvalue weighted by molar-refractivity contribution is 5.64. The average Bonchev–Trinajstić information content (AvgIpc) is 3.23. The van der Waals surface area contributed by atoms with Crippen LogP contribution in [0, 0.1) is 5.82 Å². The Morgan fingerprint density at radius 1 is 1.13 bits per heavy atom. The Morgan fingerprint density at radius 3 is 2.94 bits per heavy atom. The minimum Gasteiger partial charge on any atom is -0.481 e. The van der Waals surface area contributed by atoms with Crippen molar-refractivity contribution in [2.24, 2.45) is 0 Å². The maximum absolute atomic E-state index is 13.6. The molecule has 1 unspecified atom stereocenters. The van der Waals surface area contributed by atoms with Crippen molar-refractivity contribution >= 4 is 5.65 Å². The number of fused-ring (bicyclic) bond motifs is 1. The topological polar surface area (TPSA) is 55.5 Å². The lowest BCUT2D eigenvalue weighted by atomic mass is 9.97. The summed E-state index contributed by atoms with van der Waals surface area (Å²) in [5, 5.41) is 4.77. The molecule has 0 amide bonds. The van der Waals surface area contributed by atoms with Crippen LogP contribution in [0.15, 0.2) is 60.9 Å². The first-order valence-corrected chi connectivity index (χ1v) is 10.5. The molecule has 4 heterocycles. The van der Waals surface area contributed by atoms with Crippen molar-refractivity contribution in [3.8, 4) is 17.0 Å². The molecule has 0 N–H and O–H groups in total. The Bertz CT molecular complexity index is 1210. The number of pyridine rings is 2. The molecule has 1 saturated heterocycles. The molecule has 6 nitrogen and oxygen atoms in total. The largest absolute Gasteiger partial charge is 0.481 e. The molecule has 0 bridgehead atoms. The van der Waals surface area contributed by atoms with Gasteiger partial charge in [0, 0.05) is 42.5 Å². The maximum Gasteiger partial charge on any atom is 0.217 e. The molecule has 1 aliphatic rings. The van der Waals surface area contributed by atoms with Crippen molar-refractivity contribution in [1.82, 2.24) is 24.5 Å². The average molecular weight is 417 g/mol. The number of hydrogen-bond acceptors (Lipinski definition) is 5. The molecule has 4 aromatic rings. The van der Waals surface area contributed by atoms with E-state index in [1.807, 2.05) is 30.5 Å². The third-order valence-corrected chi connectivity index (χ3v) is 5.81. The van der Waals surface area contributed by atoms with Gasteiger partial charge in [-0.2, -0.15) is 5.10 Å². The van der Waals surface area contributed by atoms with Crippen molar-refractivity contribution in [3.05, 3.63) is 78.1 Å². The van der Waals surface area contributed by atoms with E-state index in [4.69, 9.17) is 14.8 Å². The number of rotatable bonds is 5. The number of ether oxygens (including phenoxy) is 1. The number of aromatic nitrogens is 4. The molecule has 0 spiro atoms. The first kappa shape index (κ1) is 19.6. The van der Waals surface area contributed by atoms with Gasteiger partial charge < -0.3 is 4.74 Å². The third kappa shape index (κ3) is 4.14. The number of methoxy groups -OCH3 is 1. The highest BCUT2D eigenvalue weighted by atomic mass is 19.1. The van der Waals surface area contributed by atoms with E-state index in [2.05, 4.69) is 16.0 Å². The van der Waals surface area contributed by atoms with Crippen molar-refractivity contribution in [1.29, 1.82) is 0 Å². The lowest BCUT2D eigenvalue weighted by Crippen LogP contribution is -2.34. The molecular formula is C24H24FN5O. The lowest BCUT2D eigenvalue weighted by molar-refractivity contribution is 0.194. The number of nitrogens with zero attached hydrogens (tertiary/aromatic N) is 5. The summed E-state index contributed by atoms with van der Waals surface area (Å²) in [6.45, 7) is 2.72. The quantitative estimate of drug-likeness (QED) is 0.484. The zero-order valence-corrected chi connectivity index (χ0v) is 17.4. The fraction of sp³-hybridized carbons (Fsp3) is 0.292. The predicted octanol–water partition coefficient (Wildman–Crippen LogP) is 4.32. The first-order valence-electron chi connectivity index (χ1n) is 10.5. The highest BCUT2D eigenvalue weighted by Gasteiger charge is 2.25. The van der Waals surface area contributed by atoms with Gasteiger partial charge in [-0.3, -0.25) is 4.90 Å². The summed E-state index contributed by atoms with van der Waals surface area (Å²) in [4.78, 5) is 11.5. The Hall–Kier alpha value is -3.32. The van der Waals surface area contributed by atoms with Crippen LogP contribution in [0.5, 0.6) is 5.88 Å². The second-order valence-corrected chi connectivity index (χ2v) is 7.95. The molecule has 0 aliphatic carbocycles. The van der Waals surface area contributed by atoms with Gasteiger partial charge in [-0.25, -0.2) is 18.9 Å². The molecule has 1 atom stereocenters. The monoisotopic (exact) mass is 417 g/mol. The smallest absolute Gasteiger partial charge is 0.217 e. The highest BCUT2D eigenvalue weighted by Crippen LogP contribution is 2.28. The molecule has 0 radical (unpaired) electrons. The van der Waals surface area contributed by atoms with Crippen LogP contribution in [-0.4, -0.2) is 44.7 Å². The number of piperidine rings is 1. The van der Waals surface area contributed by atoms with E-state index in [9.17, 15) is 4.39 Å². The van der Waals surface area contributed by atoms with Crippen LogP contribution in [0.4, 0.5) is 4.39 Å². The third-order valence-electron chi connectivity index (χ3n) is 5.81. The van der Waals surface area contributed by atoms with E-state index >= 15 is 0 Å². The van der Waals surface area contributed by atoms with Crippen LogP contribution in [0.2, 0.25) is 0 Å². The minimum absolute atomic E-state index is 0.246. The zero-order valence-electron chi connectivity index (χ0n) is 17.4. The van der Waals surface area contributed by atoms with Crippen molar-refractivity contribution in [2.75, 3.05) is 20.2 Å². The lowest BCUT2D eigenvalue weighted by Gasteiger charge is -2.31. The Labute approximate surface area is 180 Å². The SMILES string of the molecule is COc1ncccc1CN1CCCC(c2nc3ccc(-c4cccc(F)c4)cn3n2)C1. The van der Waals surface area contributed by atoms with Gasteiger partial charge >= 0.3 is 0 Å². The maximum atomic E-state index is 13.6. The number of benzene rings is 1. The molecule has 3 aromatic heterocycles. The van der Waals surface area contributed by atoms with Crippen LogP contribution >= 0.6 is 0 Å². The van der Waals surface area contributed by atoms with Gasteiger partial charge in [-0.1, -0.05) is 18.2 Å². The van der Waals surface area contributed by atoms with E-state index in [-0.39, 0.29) is 11.7 Å². The summed E-state index contributed by atoms with van der Waals surface area (Å²) in [5.41, 5.74) is 3.64. The summed E-state index contributed by atoms with van der Waals surface area (Å²) in [7, 11) is 1.66. The van der Waals surface area contributed by atoms with E-state index in [0.29, 0.717) is 5.88 Å². The van der Waals surface area contributed by atoms with Gasteiger partial charge in [0.05, 0.1) is 7.11 Å². The van der Waals surface area contributed by atoms with Gasteiger partial charge in [-0.15, -0.1) is 0 Å². The number of likely N-dealkylation sites (tertiary alicyclic amines) is 1. The summed E-state index contributed by atoms with van der Waals surface area (Å²) in [6, 6.07) is 14.5. The summed E-state index contributed by atoms with van der Waals surface area (Å²) >= 11 is 0. The summed E-state index contributed by atoms with van der Waals surface area (Å²) in [5.74, 6) is 1.57. The van der Waals surface area contributed by atoms with E-state index in [0.717, 1.165) is 60.6 Å². The standard InChI is InChI=1S/C24H24FN5O/c1-31-24-20(6-3-11-26-24)15-29-12-4-7-19(14-29)23-27-22-10-9-18(16-30(22)28-23)17-5-2-8-21(25)13-17/h2-3,5-6,8-11,13,16,19H,4,7,12,14-15H2,1H3. The predicted molar refractivity (Wildman–Crippen MR) is 116 cm³/mol. The van der Waals surface area contributed by atoms with Crippen molar-refractivity contribution in [2.45, 2.75) is 25.3 Å². The van der Waals surface area contributed by atoms with Gasteiger partial charge in [0.2, 0.25) is 5.88 Å². The van der Waals surface area contributed by atoms with Crippen molar-refractivity contribution < 1.29 is 9.13 Å². The second-order valence-electron chi connectivity index (χ2n) is 7.95. The van der Waals surface area contributed by atoms with Gasteiger partial charge in [-0.05, 0) is 55.3 Å². The van der Waals surface area contributed by atoms with Crippen LogP contribution in [0.3, 0.4) is 0 Å². The normalized spacial score (nSPS) is 17.2. The van der Waals surface area contributed by atoms with Crippen LogP contribution in [0.25, 0.3) is 16.8 Å². The number of halogens is 1. The summed E-state index contributed by atoms with van der Waals surface area (Å²) in [6.07, 6.45) is 5.83. The number of hydrogen-bond donors (Lipinski definition) is 0. The molecule has 158 valence electrons. The minimum atomic E-state index is -0.246. The Kier molecular flexibility index (Phi) is 5.34. The summed E-state index contributed by atoms with van der Waals surface area (Å²) < 4.78 is 20.8. The van der Waals surface area contributed by atoms with Crippen LogP contribution < -0.4 is 4.74 Å². The fourth-order valence-electron chi connectivity index (χ4n) is 4.29. The molecule has 7 heteroatoms. The Morgan fingerprint density at radius 2 is 2.06 bits per heavy atom. The second kappa shape index (κ2) is 8.43. The molecular weight excluding hydrogens is 393 g/mol. The van der Waals surface area contributed by atoms with Gasteiger partial charge in [0.1, 0.15) is 5.82 Å². The van der Waals surface area contributed by atoms with Gasteiger partial charge in [0.25, 0.3) is 0 Å². The van der Waals surface area contributed by atoms with Gasteiger partial charge in [0.15, 0.2) is 11.5 Å². The molecule has 0 saturated carbocycles. The zero-order chi connectivity index (χ0) is 21.2. The molecule has 1 aromatic carbocycles. The van der Waals surface area contributed by atoms with Crippen LogP contribution in [0.1, 0.15) is 30.1 Å². The molecule has 1 fully saturated rings. The molecule has 5 rings (SSSR count).